The highest BCUT2D eigenvalue weighted by Crippen LogP contribution is 2.21. The number of aliphatic carboxylic acids is 1. The Morgan fingerprint density at radius 2 is 2.29 bits per heavy atom. The van der Waals surface area contributed by atoms with Crippen molar-refractivity contribution in [1.29, 1.82) is 0 Å². The Hall–Kier alpha value is -2.24. The van der Waals surface area contributed by atoms with E-state index in [0.29, 0.717) is 5.56 Å². The van der Waals surface area contributed by atoms with Crippen LogP contribution >= 0.6 is 0 Å². The molecule has 0 aliphatic heterocycles. The number of hydrogen-bond donors (Lipinski definition) is 1. The fourth-order valence-electron chi connectivity index (χ4n) is 1.40. The Kier molecular flexibility index (Phi) is 2.86. The largest absolute Gasteiger partial charge is 0.481 e. The van der Waals surface area contributed by atoms with E-state index in [2.05, 4.69) is 10.1 Å². The monoisotopic (exact) mass is 236 g/mol. The van der Waals surface area contributed by atoms with Gasteiger partial charge in [0.1, 0.15) is 12.2 Å². The number of aromatic nitrogens is 2. The number of carboxylic acids is 1. The van der Waals surface area contributed by atoms with Crippen molar-refractivity contribution < 1.29 is 18.8 Å². The average molecular weight is 236 g/mol. The molecule has 0 amide bonds. The van der Waals surface area contributed by atoms with Gasteiger partial charge in [-0.2, -0.15) is 4.98 Å². The van der Waals surface area contributed by atoms with Crippen molar-refractivity contribution in [3.05, 3.63) is 35.5 Å². The van der Waals surface area contributed by atoms with E-state index in [4.69, 9.17) is 9.63 Å². The lowest BCUT2D eigenvalue weighted by Gasteiger charge is -1.99. The fourth-order valence-corrected chi connectivity index (χ4v) is 1.40. The number of nitrogens with zero attached hydrogens (tertiary/aromatic N) is 2. The molecular weight excluding hydrogens is 227 g/mol. The molecule has 0 unspecified atom stereocenters. The van der Waals surface area contributed by atoms with E-state index in [9.17, 15) is 9.18 Å². The molecule has 0 bridgehead atoms. The molecule has 1 aromatic heterocycles. The number of halogens is 1. The van der Waals surface area contributed by atoms with Crippen LogP contribution in [-0.2, 0) is 11.2 Å². The molecule has 2 rings (SSSR count). The lowest BCUT2D eigenvalue weighted by molar-refractivity contribution is -0.136. The van der Waals surface area contributed by atoms with E-state index < -0.39 is 11.8 Å². The highest BCUT2D eigenvalue weighted by Gasteiger charge is 2.13. The van der Waals surface area contributed by atoms with E-state index in [-0.39, 0.29) is 18.1 Å². The standard InChI is InChI=1S/C11H9FN2O3/c1-6-2-3-7(12)4-8(6)11-13-9(17-14-11)5-10(15)16/h2-4H,5H2,1H3,(H,15,16). The summed E-state index contributed by atoms with van der Waals surface area (Å²) in [4.78, 5) is 14.3. The topological polar surface area (TPSA) is 76.2 Å². The van der Waals surface area contributed by atoms with Crippen LogP contribution < -0.4 is 0 Å². The smallest absolute Gasteiger partial charge is 0.312 e. The van der Waals surface area contributed by atoms with Crippen molar-refractivity contribution >= 4 is 5.97 Å². The number of hydrogen-bond acceptors (Lipinski definition) is 4. The lowest BCUT2D eigenvalue weighted by atomic mass is 10.1. The number of carboxylic acid groups (broad SMARTS) is 1. The van der Waals surface area contributed by atoms with Gasteiger partial charge in [-0.25, -0.2) is 4.39 Å². The summed E-state index contributed by atoms with van der Waals surface area (Å²) < 4.78 is 17.8. The molecule has 17 heavy (non-hydrogen) atoms. The second kappa shape index (κ2) is 4.32. The highest BCUT2D eigenvalue weighted by molar-refractivity contribution is 5.69. The predicted octanol–water partition coefficient (Wildman–Crippen LogP) is 1.81. The summed E-state index contributed by atoms with van der Waals surface area (Å²) in [5.74, 6) is -1.28. The second-order valence-electron chi connectivity index (χ2n) is 3.54. The maximum atomic E-state index is 13.1. The zero-order valence-corrected chi connectivity index (χ0v) is 8.98. The summed E-state index contributed by atoms with van der Waals surface area (Å²) in [6, 6.07) is 4.21. The summed E-state index contributed by atoms with van der Waals surface area (Å²) in [6.07, 6.45) is -0.346. The molecule has 0 fully saturated rings. The Morgan fingerprint density at radius 3 is 3.00 bits per heavy atom. The van der Waals surface area contributed by atoms with Gasteiger partial charge in [-0.05, 0) is 24.6 Å². The zero-order chi connectivity index (χ0) is 12.4. The number of rotatable bonds is 3. The van der Waals surface area contributed by atoms with Gasteiger partial charge in [-0.15, -0.1) is 0 Å². The van der Waals surface area contributed by atoms with Crippen molar-refractivity contribution in [3.63, 3.8) is 0 Å². The van der Waals surface area contributed by atoms with Gasteiger partial charge in [0.15, 0.2) is 0 Å². The fraction of sp³-hybridized carbons (Fsp3) is 0.182. The van der Waals surface area contributed by atoms with Crippen LogP contribution in [0.15, 0.2) is 22.7 Å². The van der Waals surface area contributed by atoms with E-state index in [1.807, 2.05) is 0 Å². The van der Waals surface area contributed by atoms with Crippen LogP contribution in [-0.4, -0.2) is 21.2 Å². The first-order chi connectivity index (χ1) is 8.06. The first kappa shape index (κ1) is 11.3. The minimum absolute atomic E-state index is 0.00355. The summed E-state index contributed by atoms with van der Waals surface area (Å²) in [5.41, 5.74) is 1.28. The quantitative estimate of drug-likeness (QED) is 0.879. The molecule has 0 aliphatic rings. The number of benzene rings is 1. The van der Waals surface area contributed by atoms with Gasteiger partial charge in [0.25, 0.3) is 0 Å². The molecule has 5 nitrogen and oxygen atoms in total. The van der Waals surface area contributed by atoms with Crippen molar-refractivity contribution in [2.45, 2.75) is 13.3 Å². The Balaban J connectivity index is 2.36. The predicted molar refractivity (Wildman–Crippen MR) is 55.8 cm³/mol. The van der Waals surface area contributed by atoms with E-state index in [0.717, 1.165) is 5.56 Å². The molecule has 0 atom stereocenters. The Bertz CT molecular complexity index is 566. The molecule has 0 aliphatic carbocycles. The van der Waals surface area contributed by atoms with Crippen LogP contribution in [0.2, 0.25) is 0 Å². The molecule has 6 heteroatoms. The van der Waals surface area contributed by atoms with Crippen LogP contribution in [0.4, 0.5) is 4.39 Å². The van der Waals surface area contributed by atoms with Crippen LogP contribution in [0.3, 0.4) is 0 Å². The van der Waals surface area contributed by atoms with Crippen LogP contribution in [0, 0.1) is 12.7 Å². The van der Waals surface area contributed by atoms with Crippen molar-refractivity contribution in [2.24, 2.45) is 0 Å². The molecule has 88 valence electrons. The van der Waals surface area contributed by atoms with Gasteiger partial charge in [0.2, 0.25) is 11.7 Å². The van der Waals surface area contributed by atoms with Crippen molar-refractivity contribution in [1.82, 2.24) is 10.1 Å². The summed E-state index contributed by atoms with van der Waals surface area (Å²) in [7, 11) is 0. The summed E-state index contributed by atoms with van der Waals surface area (Å²) in [5, 5.41) is 12.2. The van der Waals surface area contributed by atoms with Gasteiger partial charge >= 0.3 is 5.97 Å². The molecule has 0 saturated carbocycles. The van der Waals surface area contributed by atoms with Gasteiger partial charge < -0.3 is 9.63 Å². The SMILES string of the molecule is Cc1ccc(F)cc1-c1noc(CC(=O)O)n1. The molecule has 0 spiro atoms. The van der Waals surface area contributed by atoms with Crippen molar-refractivity contribution in [3.8, 4) is 11.4 Å². The van der Waals surface area contributed by atoms with Crippen LogP contribution in [0.5, 0.6) is 0 Å². The number of aryl methyl sites for hydroxylation is 1. The third kappa shape index (κ3) is 2.47. The van der Waals surface area contributed by atoms with E-state index >= 15 is 0 Å². The van der Waals surface area contributed by atoms with Crippen molar-refractivity contribution in [2.75, 3.05) is 0 Å². The van der Waals surface area contributed by atoms with Crippen LogP contribution in [0.25, 0.3) is 11.4 Å². The lowest BCUT2D eigenvalue weighted by Crippen LogP contribution is -2.00. The maximum Gasteiger partial charge on any atom is 0.312 e. The van der Waals surface area contributed by atoms with Gasteiger partial charge in [0, 0.05) is 5.56 Å². The molecule has 1 aromatic carbocycles. The van der Waals surface area contributed by atoms with Gasteiger partial charge in [0.05, 0.1) is 0 Å². The zero-order valence-electron chi connectivity index (χ0n) is 8.98. The Morgan fingerprint density at radius 1 is 1.53 bits per heavy atom. The van der Waals surface area contributed by atoms with E-state index in [1.54, 1.807) is 13.0 Å². The number of carbonyl (C=O) groups is 1. The highest BCUT2D eigenvalue weighted by atomic mass is 19.1. The first-order valence-electron chi connectivity index (χ1n) is 4.87. The van der Waals surface area contributed by atoms with Gasteiger partial charge in [-0.3, -0.25) is 4.79 Å². The second-order valence-corrected chi connectivity index (χ2v) is 3.54. The molecule has 2 aromatic rings. The average Bonchev–Trinajstić information content (AvgIpc) is 2.69. The maximum absolute atomic E-state index is 13.1. The molecule has 1 N–H and O–H groups in total. The minimum Gasteiger partial charge on any atom is -0.481 e. The van der Waals surface area contributed by atoms with E-state index in [1.165, 1.54) is 12.1 Å². The summed E-state index contributed by atoms with van der Waals surface area (Å²) in [6.45, 7) is 1.78. The van der Waals surface area contributed by atoms with Gasteiger partial charge in [-0.1, -0.05) is 11.2 Å². The summed E-state index contributed by atoms with van der Waals surface area (Å²) >= 11 is 0. The third-order valence-corrected chi connectivity index (χ3v) is 2.21. The van der Waals surface area contributed by atoms with Crippen LogP contribution in [0.1, 0.15) is 11.5 Å². The molecule has 0 radical (unpaired) electrons. The Labute approximate surface area is 95.9 Å². The minimum atomic E-state index is -1.06. The normalized spacial score (nSPS) is 10.5. The molecular formula is C11H9FN2O3. The molecule has 0 saturated heterocycles. The third-order valence-electron chi connectivity index (χ3n) is 2.21. The molecule has 1 heterocycles. The first-order valence-corrected chi connectivity index (χ1v) is 4.87.